The van der Waals surface area contributed by atoms with Crippen LogP contribution in [-0.2, 0) is 41.6 Å². The molecule has 3 aliphatic heterocycles. The van der Waals surface area contributed by atoms with Crippen LogP contribution in [0.4, 0.5) is 0 Å². The Bertz CT molecular complexity index is 1920. The predicted molar refractivity (Wildman–Crippen MR) is 216 cm³/mol. The van der Waals surface area contributed by atoms with Crippen molar-refractivity contribution in [3.8, 4) is 0 Å². The molecule has 6 amide bonds. The normalized spacial score (nSPS) is 26.3. The summed E-state index contributed by atoms with van der Waals surface area (Å²) in [4.78, 5) is 94.8. The highest BCUT2D eigenvalue weighted by Gasteiger charge is 2.44. The molecule has 0 bridgehead atoms. The number of likely N-dealkylation sites (N-methyl/N-ethyl adjacent to an activating group) is 1. The average Bonchev–Trinajstić information content (AvgIpc) is 3.90. The van der Waals surface area contributed by atoms with Crippen LogP contribution in [0.2, 0.25) is 0 Å². The number of carbonyl (C=O) groups is 6. The van der Waals surface area contributed by atoms with E-state index in [0.29, 0.717) is 58.0 Å². The van der Waals surface area contributed by atoms with E-state index in [4.69, 9.17) is 5.73 Å². The molecular formula is C43H58N8O6. The summed E-state index contributed by atoms with van der Waals surface area (Å²) in [5.74, 6) is -3.01. The van der Waals surface area contributed by atoms with E-state index in [1.54, 1.807) is 11.9 Å². The Morgan fingerprint density at radius 1 is 0.737 bits per heavy atom. The largest absolute Gasteiger partial charge is 0.361 e. The summed E-state index contributed by atoms with van der Waals surface area (Å²) in [5, 5.41) is 9.87. The molecule has 1 aromatic heterocycles. The number of amides is 6. The van der Waals surface area contributed by atoms with E-state index in [0.717, 1.165) is 22.0 Å². The van der Waals surface area contributed by atoms with E-state index in [1.807, 2.05) is 74.6 Å². The van der Waals surface area contributed by atoms with E-state index in [1.165, 1.54) is 9.80 Å². The lowest BCUT2D eigenvalue weighted by Gasteiger charge is -2.40. The molecule has 0 radical (unpaired) electrons. The molecule has 306 valence electrons. The van der Waals surface area contributed by atoms with Crippen LogP contribution in [-0.4, -0.2) is 118 Å². The number of nitrogens with zero attached hydrogens (tertiary/aromatic N) is 3. The summed E-state index contributed by atoms with van der Waals surface area (Å²) in [7, 11) is 1.56. The van der Waals surface area contributed by atoms with Crippen molar-refractivity contribution in [2.24, 2.45) is 11.7 Å². The molecule has 3 aliphatic rings. The number of carbonyl (C=O) groups excluding carboxylic acids is 6. The van der Waals surface area contributed by atoms with Crippen LogP contribution in [0.5, 0.6) is 0 Å². The first-order valence-corrected chi connectivity index (χ1v) is 20.6. The Kier molecular flexibility index (Phi) is 13.7. The zero-order valence-electron chi connectivity index (χ0n) is 33.4. The number of nitrogens with two attached hydrogens (primary N) is 1. The molecular weight excluding hydrogens is 725 g/mol. The van der Waals surface area contributed by atoms with Crippen LogP contribution in [0.15, 0.2) is 60.8 Å². The van der Waals surface area contributed by atoms with Crippen molar-refractivity contribution in [2.45, 2.75) is 114 Å². The second kappa shape index (κ2) is 18.8. The third kappa shape index (κ3) is 9.33. The molecule has 57 heavy (non-hydrogen) atoms. The van der Waals surface area contributed by atoms with Gasteiger partial charge in [0, 0.05) is 50.1 Å². The fourth-order valence-electron chi connectivity index (χ4n) is 8.55. The third-order valence-electron chi connectivity index (χ3n) is 12.1. The smallest absolute Gasteiger partial charge is 0.246 e. The second-order valence-corrected chi connectivity index (χ2v) is 15.9. The summed E-state index contributed by atoms with van der Waals surface area (Å²) >= 11 is 0. The van der Waals surface area contributed by atoms with E-state index < -0.39 is 65.8 Å². The molecule has 0 saturated carbocycles. The molecule has 6 rings (SSSR count). The van der Waals surface area contributed by atoms with E-state index in [9.17, 15) is 28.8 Å². The summed E-state index contributed by atoms with van der Waals surface area (Å²) in [5.41, 5.74) is 8.40. The first-order valence-electron chi connectivity index (χ1n) is 20.6. The van der Waals surface area contributed by atoms with Crippen molar-refractivity contribution in [3.63, 3.8) is 0 Å². The molecule has 3 saturated heterocycles. The van der Waals surface area contributed by atoms with Crippen molar-refractivity contribution < 1.29 is 28.8 Å². The van der Waals surface area contributed by atoms with Crippen molar-refractivity contribution in [1.82, 2.24) is 35.6 Å². The quantitative estimate of drug-likeness (QED) is 0.220. The van der Waals surface area contributed by atoms with E-state index in [2.05, 4.69) is 20.9 Å². The SMILES string of the molecule is CC[C@@H](C)[C@H]1NC(=O)[C@@H](Cc2c[nH]c3ccccc23)NC(=O)[C@@H]2CCCN2C(=O)[C@@H](Cc2ccccc2)N(C)C(=O)[C@H](CCCN)NC(=O)[C@H]2CCCCN2C1=O. The predicted octanol–water partition coefficient (Wildman–Crippen LogP) is 2.41. The van der Waals surface area contributed by atoms with Gasteiger partial charge >= 0.3 is 0 Å². The number of rotatable bonds is 9. The molecule has 4 heterocycles. The average molecular weight is 783 g/mol. The molecule has 14 heteroatoms. The van der Waals surface area contributed by atoms with Gasteiger partial charge in [0.1, 0.15) is 36.3 Å². The van der Waals surface area contributed by atoms with Crippen molar-refractivity contribution in [2.75, 3.05) is 26.7 Å². The van der Waals surface area contributed by atoms with Crippen LogP contribution in [0.1, 0.15) is 76.3 Å². The van der Waals surface area contributed by atoms with Gasteiger partial charge in [-0.1, -0.05) is 68.8 Å². The number of piperidine rings is 1. The molecule has 3 fully saturated rings. The highest BCUT2D eigenvalue weighted by Crippen LogP contribution is 2.26. The standard InChI is InChI=1S/C43H58N8O6/c1-4-27(2)37-43(57)51-22-11-10-19-34(51)39(53)46-32(18-12-21-44)41(55)49(3)36(24-28-14-6-5-7-15-28)42(56)50-23-13-20-35(50)40(54)47-33(38(52)48-37)25-29-26-45-31-17-9-8-16-30(29)31/h5-9,14-17,26-27,32-37,45H,4,10-13,18-25,44H2,1-3H3,(H,46,53)(H,47,54)(H,48,52)/t27-,32+,33-,34-,35+,36-,37-/m1/s1. The Labute approximate surface area is 334 Å². The molecule has 0 spiro atoms. The minimum absolute atomic E-state index is 0.122. The number of para-hydroxylation sites is 1. The van der Waals surface area contributed by atoms with Gasteiger partial charge in [0.25, 0.3) is 0 Å². The molecule has 3 aromatic rings. The Hall–Kier alpha value is -5.24. The lowest BCUT2D eigenvalue weighted by Crippen LogP contribution is -2.63. The fraction of sp³-hybridized carbons (Fsp3) is 0.535. The van der Waals surface area contributed by atoms with Crippen molar-refractivity contribution in [3.05, 3.63) is 71.9 Å². The minimum atomic E-state index is -1.10. The fourth-order valence-corrected chi connectivity index (χ4v) is 8.55. The van der Waals surface area contributed by atoms with E-state index >= 15 is 0 Å². The summed E-state index contributed by atoms with van der Waals surface area (Å²) in [6, 6.07) is 11.2. The second-order valence-electron chi connectivity index (χ2n) is 15.9. The number of hydrogen-bond donors (Lipinski definition) is 5. The topological polar surface area (TPSA) is 190 Å². The van der Waals surface area contributed by atoms with Crippen molar-refractivity contribution in [1.29, 1.82) is 0 Å². The first kappa shape index (κ1) is 41.4. The third-order valence-corrected chi connectivity index (χ3v) is 12.1. The molecule has 7 atom stereocenters. The summed E-state index contributed by atoms with van der Waals surface area (Å²) < 4.78 is 0. The van der Waals surface area contributed by atoms with Gasteiger partial charge in [0.05, 0.1) is 0 Å². The van der Waals surface area contributed by atoms with Crippen molar-refractivity contribution >= 4 is 46.3 Å². The highest BCUT2D eigenvalue weighted by atomic mass is 16.2. The Morgan fingerprint density at radius 3 is 2.11 bits per heavy atom. The van der Waals surface area contributed by atoms with Gasteiger partial charge < -0.3 is 41.4 Å². The lowest BCUT2D eigenvalue weighted by atomic mass is 9.93. The Balaban J connectivity index is 1.42. The number of nitrogens with one attached hydrogen (secondary N) is 4. The number of H-pyrrole nitrogens is 1. The van der Waals surface area contributed by atoms with Crippen LogP contribution >= 0.6 is 0 Å². The zero-order chi connectivity index (χ0) is 40.6. The summed E-state index contributed by atoms with van der Waals surface area (Å²) in [6.45, 7) is 4.70. The number of fused-ring (bicyclic) bond motifs is 3. The van der Waals surface area contributed by atoms with Gasteiger partial charge in [-0.05, 0) is 74.6 Å². The molecule has 0 unspecified atom stereocenters. The van der Waals surface area contributed by atoms with Gasteiger partial charge in [-0.25, -0.2) is 0 Å². The van der Waals surface area contributed by atoms with Gasteiger partial charge in [0.2, 0.25) is 35.4 Å². The number of aromatic nitrogens is 1. The maximum Gasteiger partial charge on any atom is 0.246 e. The molecule has 14 nitrogen and oxygen atoms in total. The highest BCUT2D eigenvalue weighted by molar-refractivity contribution is 5.99. The van der Waals surface area contributed by atoms with Crippen LogP contribution in [0.3, 0.4) is 0 Å². The van der Waals surface area contributed by atoms with Gasteiger partial charge in [-0.15, -0.1) is 0 Å². The van der Waals surface area contributed by atoms with E-state index in [-0.39, 0.29) is 37.6 Å². The first-order chi connectivity index (χ1) is 27.5. The van der Waals surface area contributed by atoms with Gasteiger partial charge in [-0.2, -0.15) is 0 Å². The molecule has 2 aromatic carbocycles. The molecule has 6 N–H and O–H groups in total. The summed E-state index contributed by atoms with van der Waals surface area (Å²) in [6.07, 6.45) is 6.03. The lowest BCUT2D eigenvalue weighted by molar-refractivity contribution is -0.150. The Morgan fingerprint density at radius 2 is 1.39 bits per heavy atom. The monoisotopic (exact) mass is 782 g/mol. The molecule has 0 aliphatic carbocycles. The van der Waals surface area contributed by atoms with Crippen LogP contribution < -0.4 is 21.7 Å². The number of hydrogen-bond acceptors (Lipinski definition) is 7. The maximum absolute atomic E-state index is 14.8. The van der Waals surface area contributed by atoms with Gasteiger partial charge in [0.15, 0.2) is 0 Å². The zero-order valence-corrected chi connectivity index (χ0v) is 33.4. The number of benzene rings is 2. The van der Waals surface area contributed by atoms with Gasteiger partial charge in [-0.3, -0.25) is 28.8 Å². The van der Waals surface area contributed by atoms with Crippen LogP contribution in [0, 0.1) is 5.92 Å². The minimum Gasteiger partial charge on any atom is -0.361 e. The number of aromatic amines is 1. The van der Waals surface area contributed by atoms with Crippen LogP contribution in [0.25, 0.3) is 10.9 Å². The maximum atomic E-state index is 14.8.